The Morgan fingerprint density at radius 3 is 1.60 bits per heavy atom. The van der Waals surface area contributed by atoms with Gasteiger partial charge in [0.2, 0.25) is 0 Å². The van der Waals surface area contributed by atoms with Gasteiger partial charge in [0.05, 0.1) is 0 Å². The third kappa shape index (κ3) is 4.45. The summed E-state index contributed by atoms with van der Waals surface area (Å²) in [7, 11) is 3.25. The molecule has 0 aromatic heterocycles. The van der Waals surface area contributed by atoms with Crippen LogP contribution in [0.1, 0.15) is 0 Å². The number of rotatable bonds is 2. The Bertz CT molecular complexity index is 15.1. The lowest BCUT2D eigenvalue weighted by molar-refractivity contribution is 0.309. The summed E-state index contributed by atoms with van der Waals surface area (Å²) in [5.74, 6) is 0. The van der Waals surface area contributed by atoms with Crippen LogP contribution in [0.15, 0.2) is 0 Å². The second kappa shape index (κ2) is 4.45. The van der Waals surface area contributed by atoms with E-state index in [1.165, 1.54) is 0 Å². The molecule has 0 bridgehead atoms. The Morgan fingerprint density at radius 1 is 1.20 bits per heavy atom. The zero-order valence-corrected chi connectivity index (χ0v) is 4.55. The minimum atomic E-state index is -0.185. The molecule has 0 aliphatic rings. The molecule has 0 aliphatic heterocycles. The van der Waals surface area contributed by atoms with Gasteiger partial charge >= 0.3 is 15.9 Å². The van der Waals surface area contributed by atoms with Crippen molar-refractivity contribution < 1.29 is 7.58 Å². The van der Waals surface area contributed by atoms with E-state index in [1.807, 2.05) is 0 Å². The van der Waals surface area contributed by atoms with Gasteiger partial charge < -0.3 is 7.58 Å². The van der Waals surface area contributed by atoms with Gasteiger partial charge in [-0.05, 0) is 0 Å². The summed E-state index contributed by atoms with van der Waals surface area (Å²) in [6.45, 7) is 0. The van der Waals surface area contributed by atoms with Crippen LogP contribution in [-0.4, -0.2) is 30.1 Å². The molecule has 0 N–H and O–H groups in total. The second-order valence-corrected chi connectivity index (χ2v) is 1.70. The van der Waals surface area contributed by atoms with Crippen molar-refractivity contribution in [2.75, 3.05) is 14.2 Å². The average Bonchev–Trinajstić information content (AvgIpc) is 1.41. The summed E-state index contributed by atoms with van der Waals surface area (Å²) in [4.78, 5) is 0. The van der Waals surface area contributed by atoms with Crippen LogP contribution >= 0.6 is 0 Å². The fourth-order valence-corrected chi connectivity index (χ4v) is 0.289. The van der Waals surface area contributed by atoms with Crippen LogP contribution in [0.25, 0.3) is 0 Å². The molecular weight excluding hydrogens is 83.0 g/mol. The highest BCUT2D eigenvalue weighted by Gasteiger charge is 1.81. The first kappa shape index (κ1) is 5.45. The average molecular weight is 89.0 g/mol. The molecule has 0 aromatic carbocycles. The van der Waals surface area contributed by atoms with Crippen LogP contribution in [0.2, 0.25) is 0 Å². The summed E-state index contributed by atoms with van der Waals surface area (Å²) >= 11 is -0.185. The SMILES string of the molecule is C[O][Al][O]C. The van der Waals surface area contributed by atoms with E-state index in [9.17, 15) is 0 Å². The molecule has 0 saturated carbocycles. The third-order valence-corrected chi connectivity index (χ3v) is 0.577. The van der Waals surface area contributed by atoms with Crippen molar-refractivity contribution in [3.63, 3.8) is 0 Å². The van der Waals surface area contributed by atoms with Gasteiger partial charge in [-0.15, -0.1) is 0 Å². The maximum atomic E-state index is 4.55. The van der Waals surface area contributed by atoms with E-state index in [-0.39, 0.29) is 15.9 Å². The van der Waals surface area contributed by atoms with Crippen LogP contribution < -0.4 is 0 Å². The van der Waals surface area contributed by atoms with E-state index < -0.39 is 0 Å². The molecular formula is C2H6AlO2. The minimum absolute atomic E-state index is 0.185. The summed E-state index contributed by atoms with van der Waals surface area (Å²) in [6.07, 6.45) is 0. The van der Waals surface area contributed by atoms with Gasteiger partial charge in [0, 0.05) is 14.2 Å². The minimum Gasteiger partial charge on any atom is -0.486 e. The zero-order valence-electron chi connectivity index (χ0n) is 3.39. The quantitative estimate of drug-likeness (QED) is 0.437. The molecule has 3 heteroatoms. The Kier molecular flexibility index (Phi) is 4.86. The molecule has 0 aliphatic carbocycles. The van der Waals surface area contributed by atoms with E-state index in [4.69, 9.17) is 0 Å². The van der Waals surface area contributed by atoms with Gasteiger partial charge in [-0.2, -0.15) is 0 Å². The summed E-state index contributed by atoms with van der Waals surface area (Å²) in [6, 6.07) is 0. The summed E-state index contributed by atoms with van der Waals surface area (Å²) in [5, 5.41) is 0. The highest BCUT2D eigenvalue weighted by atomic mass is 27.2. The van der Waals surface area contributed by atoms with Crippen molar-refractivity contribution in [2.45, 2.75) is 0 Å². The first-order valence-corrected chi connectivity index (χ1v) is 2.23. The molecule has 0 atom stereocenters. The fraction of sp³-hybridized carbons (Fsp3) is 1.00. The first-order chi connectivity index (χ1) is 2.41. The lowest BCUT2D eigenvalue weighted by Gasteiger charge is -1.83. The lowest BCUT2D eigenvalue weighted by Crippen LogP contribution is -1.93. The Balaban J connectivity index is 2.19. The number of hydrogen-bond donors (Lipinski definition) is 0. The molecule has 0 spiro atoms. The lowest BCUT2D eigenvalue weighted by atomic mass is 11.8. The smallest absolute Gasteiger partial charge is 0.486 e. The van der Waals surface area contributed by atoms with E-state index in [0.29, 0.717) is 0 Å². The fourth-order valence-electron chi connectivity index (χ4n) is 0.0962. The number of hydrogen-bond acceptors (Lipinski definition) is 2. The van der Waals surface area contributed by atoms with E-state index in [1.54, 1.807) is 14.2 Å². The van der Waals surface area contributed by atoms with Gasteiger partial charge in [0.1, 0.15) is 0 Å². The van der Waals surface area contributed by atoms with Gasteiger partial charge in [-0.25, -0.2) is 0 Å². The molecule has 1 radical (unpaired) electrons. The monoisotopic (exact) mass is 89.0 g/mol. The zero-order chi connectivity index (χ0) is 4.12. The predicted octanol–water partition coefficient (Wildman–Crippen LogP) is -0.187. The molecule has 5 heavy (non-hydrogen) atoms. The standard InChI is InChI=1S/2CH3O.Al/c2*1-2;/h2*1H3;/q2*-1;+2. The maximum Gasteiger partial charge on any atom is 0.667 e. The molecule has 29 valence electrons. The van der Waals surface area contributed by atoms with Gasteiger partial charge in [0.25, 0.3) is 0 Å². The second-order valence-electron chi connectivity index (χ2n) is 0.568. The molecule has 0 aromatic rings. The third-order valence-electron chi connectivity index (χ3n) is 0.192. The predicted molar refractivity (Wildman–Crippen MR) is 19.8 cm³/mol. The van der Waals surface area contributed by atoms with Crippen LogP contribution in [0.5, 0.6) is 0 Å². The molecule has 2 nitrogen and oxygen atoms in total. The van der Waals surface area contributed by atoms with Crippen molar-refractivity contribution in [3.8, 4) is 0 Å². The van der Waals surface area contributed by atoms with Crippen molar-refractivity contribution >= 4 is 15.9 Å². The molecule has 0 heterocycles. The molecule has 0 saturated heterocycles. The largest absolute Gasteiger partial charge is 0.667 e. The first-order valence-electron chi connectivity index (χ1n) is 1.29. The molecule has 0 rings (SSSR count). The molecule has 0 fully saturated rings. The van der Waals surface area contributed by atoms with Crippen LogP contribution in [0, 0.1) is 0 Å². The van der Waals surface area contributed by atoms with Crippen LogP contribution in [0.3, 0.4) is 0 Å². The van der Waals surface area contributed by atoms with Crippen LogP contribution in [0.4, 0.5) is 0 Å². The van der Waals surface area contributed by atoms with Crippen LogP contribution in [-0.2, 0) is 7.58 Å². The Morgan fingerprint density at radius 2 is 1.60 bits per heavy atom. The summed E-state index contributed by atoms with van der Waals surface area (Å²) < 4.78 is 9.10. The molecule has 0 unspecified atom stereocenters. The van der Waals surface area contributed by atoms with Crippen molar-refractivity contribution in [1.29, 1.82) is 0 Å². The van der Waals surface area contributed by atoms with E-state index in [2.05, 4.69) is 7.58 Å². The maximum absolute atomic E-state index is 4.55. The molecule has 0 amide bonds. The highest BCUT2D eigenvalue weighted by Crippen LogP contribution is 1.55. The highest BCUT2D eigenvalue weighted by molar-refractivity contribution is 6.17. The van der Waals surface area contributed by atoms with E-state index >= 15 is 0 Å². The van der Waals surface area contributed by atoms with Gasteiger partial charge in [0.15, 0.2) is 0 Å². The van der Waals surface area contributed by atoms with Crippen molar-refractivity contribution in [3.05, 3.63) is 0 Å². The topological polar surface area (TPSA) is 18.5 Å². The van der Waals surface area contributed by atoms with Gasteiger partial charge in [-0.1, -0.05) is 0 Å². The van der Waals surface area contributed by atoms with Gasteiger partial charge in [-0.3, -0.25) is 0 Å². The normalized spacial score (nSPS) is 7.60. The Hall–Kier alpha value is 0.452. The Labute approximate surface area is 38.5 Å². The summed E-state index contributed by atoms with van der Waals surface area (Å²) in [5.41, 5.74) is 0. The van der Waals surface area contributed by atoms with Crippen molar-refractivity contribution in [1.82, 2.24) is 0 Å². The van der Waals surface area contributed by atoms with Crippen molar-refractivity contribution in [2.24, 2.45) is 0 Å². The van der Waals surface area contributed by atoms with E-state index in [0.717, 1.165) is 0 Å².